The molecule has 4 nitrogen and oxygen atoms in total. The van der Waals surface area contributed by atoms with Gasteiger partial charge in [-0.05, 0) is 19.4 Å². The Balaban J connectivity index is 2.85. The molecule has 0 bridgehead atoms. The van der Waals surface area contributed by atoms with Crippen molar-refractivity contribution in [3.8, 4) is 0 Å². The lowest BCUT2D eigenvalue weighted by molar-refractivity contribution is -0.131. The highest BCUT2D eigenvalue weighted by Gasteiger charge is 2.01. The average Bonchev–Trinajstić information content (AvgIpc) is 2.43. The molecule has 0 atom stereocenters. The van der Waals surface area contributed by atoms with Crippen LogP contribution in [0, 0.1) is 6.92 Å². The summed E-state index contributed by atoms with van der Waals surface area (Å²) in [5.74, 6) is -0.371. The monoisotopic (exact) mass is 180 g/mol. The molecule has 0 saturated carbocycles. The second kappa shape index (κ2) is 3.89. The molecule has 70 valence electrons. The predicted octanol–water partition coefficient (Wildman–Crippen LogP) is 1.38. The number of carbonyl (C=O) groups is 1. The molecule has 0 unspecified atom stereocenters. The molecule has 0 aromatic carbocycles. The maximum absolute atomic E-state index is 10.2. The molecule has 0 amide bonds. The first-order valence-electron chi connectivity index (χ1n) is 4.10. The SMILES string of the molecule is CCc1nc(/C=C/C(=O)O)[nH]c1C. The number of aromatic amines is 1. The Bertz CT molecular complexity index is 339. The molecule has 0 aliphatic rings. The van der Waals surface area contributed by atoms with Gasteiger partial charge in [-0.1, -0.05) is 6.92 Å². The third-order valence-corrected chi connectivity index (χ3v) is 1.72. The van der Waals surface area contributed by atoms with Crippen LogP contribution in [0.15, 0.2) is 6.08 Å². The number of carboxylic acid groups (broad SMARTS) is 1. The molecule has 0 aliphatic carbocycles. The van der Waals surface area contributed by atoms with Crippen molar-refractivity contribution >= 4 is 12.0 Å². The lowest BCUT2D eigenvalue weighted by atomic mass is 10.3. The second-order valence-corrected chi connectivity index (χ2v) is 2.72. The highest BCUT2D eigenvalue weighted by atomic mass is 16.4. The fourth-order valence-corrected chi connectivity index (χ4v) is 1.09. The predicted molar refractivity (Wildman–Crippen MR) is 49.4 cm³/mol. The van der Waals surface area contributed by atoms with Crippen molar-refractivity contribution in [1.29, 1.82) is 0 Å². The minimum atomic E-state index is -0.966. The molecule has 0 aliphatic heterocycles. The van der Waals surface area contributed by atoms with Crippen LogP contribution >= 0.6 is 0 Å². The summed E-state index contributed by atoms with van der Waals surface area (Å²) in [6.07, 6.45) is 3.37. The number of nitrogens with one attached hydrogen (secondary N) is 1. The van der Waals surface area contributed by atoms with Crippen LogP contribution in [0.3, 0.4) is 0 Å². The molecule has 0 fully saturated rings. The first kappa shape index (κ1) is 9.51. The summed E-state index contributed by atoms with van der Waals surface area (Å²) in [6.45, 7) is 3.93. The van der Waals surface area contributed by atoms with Crippen LogP contribution in [0.5, 0.6) is 0 Å². The maximum atomic E-state index is 10.2. The average molecular weight is 180 g/mol. The van der Waals surface area contributed by atoms with Crippen LogP contribution in [0.1, 0.15) is 24.1 Å². The number of H-pyrrole nitrogens is 1. The normalized spacial score (nSPS) is 10.9. The van der Waals surface area contributed by atoms with E-state index in [9.17, 15) is 4.79 Å². The molecular formula is C9H12N2O2. The minimum Gasteiger partial charge on any atom is -0.478 e. The van der Waals surface area contributed by atoms with E-state index in [4.69, 9.17) is 5.11 Å². The Hall–Kier alpha value is -1.58. The Morgan fingerprint density at radius 2 is 2.38 bits per heavy atom. The number of aryl methyl sites for hydroxylation is 2. The number of hydrogen-bond acceptors (Lipinski definition) is 2. The van der Waals surface area contributed by atoms with Gasteiger partial charge in [0, 0.05) is 11.8 Å². The molecule has 0 saturated heterocycles. The van der Waals surface area contributed by atoms with Gasteiger partial charge >= 0.3 is 5.97 Å². The molecule has 0 radical (unpaired) electrons. The van der Waals surface area contributed by atoms with Crippen molar-refractivity contribution in [2.24, 2.45) is 0 Å². The van der Waals surface area contributed by atoms with Gasteiger partial charge in [0.05, 0.1) is 5.69 Å². The fourth-order valence-electron chi connectivity index (χ4n) is 1.09. The Morgan fingerprint density at radius 3 is 2.85 bits per heavy atom. The van der Waals surface area contributed by atoms with Crippen LogP contribution in [0.4, 0.5) is 0 Å². The molecular weight excluding hydrogens is 168 g/mol. The van der Waals surface area contributed by atoms with Gasteiger partial charge in [0.2, 0.25) is 0 Å². The molecule has 1 aromatic rings. The zero-order chi connectivity index (χ0) is 9.84. The molecule has 13 heavy (non-hydrogen) atoms. The summed E-state index contributed by atoms with van der Waals surface area (Å²) in [6, 6.07) is 0. The largest absolute Gasteiger partial charge is 0.478 e. The maximum Gasteiger partial charge on any atom is 0.328 e. The van der Waals surface area contributed by atoms with Crippen molar-refractivity contribution in [3.63, 3.8) is 0 Å². The highest BCUT2D eigenvalue weighted by Crippen LogP contribution is 2.06. The van der Waals surface area contributed by atoms with Crippen molar-refractivity contribution in [3.05, 3.63) is 23.3 Å². The van der Waals surface area contributed by atoms with Gasteiger partial charge in [0.25, 0.3) is 0 Å². The number of rotatable bonds is 3. The van der Waals surface area contributed by atoms with Gasteiger partial charge in [-0.3, -0.25) is 0 Å². The van der Waals surface area contributed by atoms with E-state index in [1.54, 1.807) is 0 Å². The Labute approximate surface area is 76.3 Å². The summed E-state index contributed by atoms with van der Waals surface area (Å²) < 4.78 is 0. The number of nitrogens with zero attached hydrogens (tertiary/aromatic N) is 1. The smallest absolute Gasteiger partial charge is 0.328 e. The minimum absolute atomic E-state index is 0.594. The van der Waals surface area contributed by atoms with Crippen LogP contribution in [0.25, 0.3) is 6.08 Å². The first-order valence-corrected chi connectivity index (χ1v) is 4.10. The molecule has 1 aromatic heterocycles. The van der Waals surface area contributed by atoms with Gasteiger partial charge in [-0.2, -0.15) is 0 Å². The van der Waals surface area contributed by atoms with E-state index >= 15 is 0 Å². The number of aromatic nitrogens is 2. The zero-order valence-corrected chi connectivity index (χ0v) is 7.66. The second-order valence-electron chi connectivity index (χ2n) is 2.72. The molecule has 4 heteroatoms. The first-order chi connectivity index (χ1) is 6.13. The van der Waals surface area contributed by atoms with E-state index in [1.165, 1.54) is 6.08 Å². The van der Waals surface area contributed by atoms with Gasteiger partial charge < -0.3 is 10.1 Å². The van der Waals surface area contributed by atoms with Crippen molar-refractivity contribution in [2.45, 2.75) is 20.3 Å². The van der Waals surface area contributed by atoms with Gasteiger partial charge in [-0.15, -0.1) is 0 Å². The summed E-state index contributed by atoms with van der Waals surface area (Å²) in [7, 11) is 0. The molecule has 1 rings (SSSR count). The lowest BCUT2D eigenvalue weighted by Gasteiger charge is -1.86. The van der Waals surface area contributed by atoms with E-state index in [2.05, 4.69) is 9.97 Å². The van der Waals surface area contributed by atoms with E-state index in [0.717, 1.165) is 23.9 Å². The number of aliphatic carboxylic acids is 1. The topological polar surface area (TPSA) is 66.0 Å². The Kier molecular flexibility index (Phi) is 2.84. The molecule has 2 N–H and O–H groups in total. The van der Waals surface area contributed by atoms with E-state index in [1.807, 2.05) is 13.8 Å². The standard InChI is InChI=1S/C9H12N2O2/c1-3-7-6(2)10-8(11-7)4-5-9(12)13/h4-5H,3H2,1-2H3,(H,10,11)(H,12,13)/b5-4+. The molecule has 1 heterocycles. The van der Waals surface area contributed by atoms with Gasteiger partial charge in [-0.25, -0.2) is 9.78 Å². The number of hydrogen-bond donors (Lipinski definition) is 2. The van der Waals surface area contributed by atoms with Crippen molar-refractivity contribution in [2.75, 3.05) is 0 Å². The van der Waals surface area contributed by atoms with Crippen molar-refractivity contribution < 1.29 is 9.90 Å². The van der Waals surface area contributed by atoms with Gasteiger partial charge in [0.1, 0.15) is 5.82 Å². The summed E-state index contributed by atoms with van der Waals surface area (Å²) >= 11 is 0. The number of carboxylic acids is 1. The van der Waals surface area contributed by atoms with Crippen LogP contribution in [-0.2, 0) is 11.2 Å². The third kappa shape index (κ3) is 2.43. The fraction of sp³-hybridized carbons (Fsp3) is 0.333. The van der Waals surface area contributed by atoms with E-state index in [0.29, 0.717) is 5.82 Å². The summed E-state index contributed by atoms with van der Waals surface area (Å²) in [5, 5.41) is 8.38. The Morgan fingerprint density at radius 1 is 1.69 bits per heavy atom. The zero-order valence-electron chi connectivity index (χ0n) is 7.66. The quantitative estimate of drug-likeness (QED) is 0.690. The van der Waals surface area contributed by atoms with E-state index < -0.39 is 5.97 Å². The highest BCUT2D eigenvalue weighted by molar-refractivity contribution is 5.84. The van der Waals surface area contributed by atoms with Crippen LogP contribution in [0.2, 0.25) is 0 Å². The third-order valence-electron chi connectivity index (χ3n) is 1.72. The lowest BCUT2D eigenvalue weighted by Crippen LogP contribution is -1.86. The van der Waals surface area contributed by atoms with Gasteiger partial charge in [0.15, 0.2) is 0 Å². The summed E-state index contributed by atoms with van der Waals surface area (Å²) in [5.41, 5.74) is 1.97. The van der Waals surface area contributed by atoms with E-state index in [-0.39, 0.29) is 0 Å². The van der Waals surface area contributed by atoms with Crippen LogP contribution in [-0.4, -0.2) is 21.0 Å². The molecule has 0 spiro atoms. The van der Waals surface area contributed by atoms with Crippen LogP contribution < -0.4 is 0 Å². The number of imidazole rings is 1. The van der Waals surface area contributed by atoms with Crippen molar-refractivity contribution in [1.82, 2.24) is 9.97 Å². The summed E-state index contributed by atoms with van der Waals surface area (Å²) in [4.78, 5) is 17.4.